The Hall–Kier alpha value is -3.49. The number of nitrogens with zero attached hydrogens (tertiary/aromatic N) is 5. The highest BCUT2D eigenvalue weighted by Crippen LogP contribution is 2.23. The predicted octanol–water partition coefficient (Wildman–Crippen LogP) is 2.95. The SMILES string of the molecule is Cc1ccc(C)c(N(CC(=O)NC2CCCC2)C(=O)Cn2nnc(-c3ccc(C)o3)n2)c1. The number of rotatable bonds is 7. The minimum Gasteiger partial charge on any atom is -0.458 e. The molecule has 4 rings (SSSR count). The molecule has 1 aliphatic rings. The zero-order valence-corrected chi connectivity index (χ0v) is 18.7. The lowest BCUT2D eigenvalue weighted by atomic mass is 10.1. The van der Waals surface area contributed by atoms with Crippen LogP contribution in [0.25, 0.3) is 11.6 Å². The van der Waals surface area contributed by atoms with Crippen LogP contribution in [0.2, 0.25) is 0 Å². The average molecular weight is 437 g/mol. The van der Waals surface area contributed by atoms with Crippen LogP contribution in [0.4, 0.5) is 5.69 Å². The van der Waals surface area contributed by atoms with Crippen molar-refractivity contribution in [2.24, 2.45) is 0 Å². The van der Waals surface area contributed by atoms with Gasteiger partial charge in [0.1, 0.15) is 18.8 Å². The van der Waals surface area contributed by atoms with E-state index in [9.17, 15) is 9.59 Å². The molecule has 1 N–H and O–H groups in total. The van der Waals surface area contributed by atoms with Crippen molar-refractivity contribution >= 4 is 17.5 Å². The van der Waals surface area contributed by atoms with Crippen LogP contribution in [0.5, 0.6) is 0 Å². The Morgan fingerprint density at radius 2 is 1.94 bits per heavy atom. The summed E-state index contributed by atoms with van der Waals surface area (Å²) >= 11 is 0. The van der Waals surface area contributed by atoms with Gasteiger partial charge in [-0.05, 0) is 68.2 Å². The zero-order chi connectivity index (χ0) is 22.7. The van der Waals surface area contributed by atoms with E-state index in [0.717, 1.165) is 42.6 Å². The molecular weight excluding hydrogens is 408 g/mol. The Labute approximate surface area is 186 Å². The first-order chi connectivity index (χ1) is 15.4. The maximum absolute atomic E-state index is 13.3. The van der Waals surface area contributed by atoms with Gasteiger partial charge in [-0.3, -0.25) is 9.59 Å². The van der Waals surface area contributed by atoms with Gasteiger partial charge < -0.3 is 14.6 Å². The number of tetrazole rings is 1. The number of hydrogen-bond donors (Lipinski definition) is 1. The summed E-state index contributed by atoms with van der Waals surface area (Å²) in [5.74, 6) is 1.08. The lowest BCUT2D eigenvalue weighted by molar-refractivity contribution is -0.124. The molecule has 0 spiro atoms. The van der Waals surface area contributed by atoms with Crippen molar-refractivity contribution in [3.63, 3.8) is 0 Å². The zero-order valence-electron chi connectivity index (χ0n) is 18.7. The van der Waals surface area contributed by atoms with Gasteiger partial charge in [0.05, 0.1) is 0 Å². The van der Waals surface area contributed by atoms with Crippen LogP contribution in [0, 0.1) is 20.8 Å². The summed E-state index contributed by atoms with van der Waals surface area (Å²) in [6.07, 6.45) is 4.22. The van der Waals surface area contributed by atoms with E-state index in [1.165, 1.54) is 9.70 Å². The smallest absolute Gasteiger partial charge is 0.251 e. The monoisotopic (exact) mass is 436 g/mol. The van der Waals surface area contributed by atoms with Crippen LogP contribution in [0.15, 0.2) is 34.7 Å². The predicted molar refractivity (Wildman–Crippen MR) is 119 cm³/mol. The number of nitrogens with one attached hydrogen (secondary N) is 1. The number of hydrogen-bond acceptors (Lipinski definition) is 6. The third-order valence-corrected chi connectivity index (χ3v) is 5.67. The Kier molecular flexibility index (Phi) is 6.34. The van der Waals surface area contributed by atoms with Crippen molar-refractivity contribution < 1.29 is 14.0 Å². The van der Waals surface area contributed by atoms with Crippen LogP contribution in [-0.2, 0) is 16.1 Å². The van der Waals surface area contributed by atoms with Gasteiger partial charge in [0.25, 0.3) is 5.91 Å². The Morgan fingerprint density at radius 1 is 1.16 bits per heavy atom. The number of amides is 2. The van der Waals surface area contributed by atoms with Crippen LogP contribution < -0.4 is 10.2 Å². The van der Waals surface area contributed by atoms with E-state index in [2.05, 4.69) is 20.7 Å². The van der Waals surface area contributed by atoms with Crippen molar-refractivity contribution in [1.82, 2.24) is 25.5 Å². The lowest BCUT2D eigenvalue weighted by Crippen LogP contribution is -2.45. The molecule has 1 saturated carbocycles. The van der Waals surface area contributed by atoms with Gasteiger partial charge in [-0.2, -0.15) is 4.80 Å². The maximum atomic E-state index is 13.3. The Morgan fingerprint density at radius 3 is 2.66 bits per heavy atom. The van der Waals surface area contributed by atoms with Crippen molar-refractivity contribution in [2.75, 3.05) is 11.4 Å². The van der Waals surface area contributed by atoms with Crippen molar-refractivity contribution in [1.29, 1.82) is 0 Å². The molecule has 2 amide bonds. The third kappa shape index (κ3) is 5.04. The number of aryl methyl sites for hydroxylation is 3. The molecule has 0 saturated heterocycles. The van der Waals surface area contributed by atoms with Crippen LogP contribution >= 0.6 is 0 Å². The first kappa shape index (κ1) is 21.7. The second kappa shape index (κ2) is 9.33. The molecule has 0 bridgehead atoms. The summed E-state index contributed by atoms with van der Waals surface area (Å²) in [5, 5.41) is 15.3. The maximum Gasteiger partial charge on any atom is 0.251 e. The Bertz CT molecular complexity index is 1110. The van der Waals surface area contributed by atoms with E-state index >= 15 is 0 Å². The molecule has 1 aliphatic carbocycles. The van der Waals surface area contributed by atoms with Gasteiger partial charge in [0, 0.05) is 11.7 Å². The van der Waals surface area contributed by atoms with E-state index < -0.39 is 0 Å². The molecule has 2 heterocycles. The molecule has 1 fully saturated rings. The van der Waals surface area contributed by atoms with E-state index in [1.54, 1.807) is 6.07 Å². The van der Waals surface area contributed by atoms with Crippen molar-refractivity contribution in [3.05, 3.63) is 47.2 Å². The van der Waals surface area contributed by atoms with Crippen LogP contribution in [0.3, 0.4) is 0 Å². The number of carbonyl (C=O) groups excluding carboxylic acids is 2. The molecule has 9 heteroatoms. The highest BCUT2D eigenvalue weighted by Gasteiger charge is 2.25. The number of benzene rings is 1. The number of furan rings is 1. The normalized spacial score (nSPS) is 14.0. The molecule has 3 aromatic rings. The topological polar surface area (TPSA) is 106 Å². The molecule has 2 aromatic heterocycles. The molecule has 0 aliphatic heterocycles. The van der Waals surface area contributed by atoms with Gasteiger partial charge in [-0.1, -0.05) is 25.0 Å². The highest BCUT2D eigenvalue weighted by molar-refractivity contribution is 5.99. The minimum atomic E-state index is -0.292. The molecule has 0 unspecified atom stereocenters. The molecule has 0 atom stereocenters. The summed E-state index contributed by atoms with van der Waals surface area (Å²) in [4.78, 5) is 28.8. The van der Waals surface area contributed by atoms with E-state index in [1.807, 2.05) is 45.0 Å². The minimum absolute atomic E-state index is 0.0570. The molecule has 32 heavy (non-hydrogen) atoms. The fraction of sp³-hybridized carbons (Fsp3) is 0.435. The van der Waals surface area contributed by atoms with E-state index in [-0.39, 0.29) is 30.9 Å². The van der Waals surface area contributed by atoms with Gasteiger partial charge in [-0.25, -0.2) is 0 Å². The number of anilines is 1. The Balaban J connectivity index is 1.53. The summed E-state index contributed by atoms with van der Waals surface area (Å²) in [6, 6.07) is 9.61. The fourth-order valence-corrected chi connectivity index (χ4v) is 3.97. The molecule has 1 aromatic carbocycles. The molecule has 0 radical (unpaired) electrons. The second-order valence-electron chi connectivity index (χ2n) is 8.37. The summed E-state index contributed by atoms with van der Waals surface area (Å²) in [6.45, 7) is 5.52. The number of aromatic nitrogens is 4. The quantitative estimate of drug-likeness (QED) is 0.610. The highest BCUT2D eigenvalue weighted by atomic mass is 16.3. The molecular formula is C23H28N6O3. The van der Waals surface area contributed by atoms with Crippen molar-refractivity contribution in [3.8, 4) is 11.6 Å². The van der Waals surface area contributed by atoms with Gasteiger partial charge in [0.2, 0.25) is 11.7 Å². The first-order valence-electron chi connectivity index (χ1n) is 10.9. The molecule has 168 valence electrons. The largest absolute Gasteiger partial charge is 0.458 e. The van der Waals surface area contributed by atoms with Crippen LogP contribution in [-0.4, -0.2) is 44.6 Å². The second-order valence-corrected chi connectivity index (χ2v) is 8.37. The number of carbonyl (C=O) groups is 2. The lowest BCUT2D eigenvalue weighted by Gasteiger charge is -2.25. The fourth-order valence-electron chi connectivity index (χ4n) is 3.97. The first-order valence-corrected chi connectivity index (χ1v) is 10.9. The standard InChI is InChI=1S/C23H28N6O3/c1-15-8-9-16(2)19(12-15)28(13-21(30)24-18-6-4-5-7-18)22(31)14-29-26-23(25-27-29)20-11-10-17(3)32-20/h8-12,18H,4-7,13-14H2,1-3H3,(H,24,30). The summed E-state index contributed by atoms with van der Waals surface area (Å²) in [7, 11) is 0. The van der Waals surface area contributed by atoms with E-state index in [4.69, 9.17) is 4.42 Å². The average Bonchev–Trinajstić information content (AvgIpc) is 3.51. The van der Waals surface area contributed by atoms with Gasteiger partial charge in [0.15, 0.2) is 5.76 Å². The van der Waals surface area contributed by atoms with Crippen LogP contribution in [0.1, 0.15) is 42.6 Å². The molecule has 9 nitrogen and oxygen atoms in total. The van der Waals surface area contributed by atoms with Crippen molar-refractivity contribution in [2.45, 2.75) is 59.0 Å². The third-order valence-electron chi connectivity index (χ3n) is 5.67. The van der Waals surface area contributed by atoms with Gasteiger partial charge >= 0.3 is 0 Å². The summed E-state index contributed by atoms with van der Waals surface area (Å²) < 4.78 is 5.52. The van der Waals surface area contributed by atoms with E-state index in [0.29, 0.717) is 17.3 Å². The summed E-state index contributed by atoms with van der Waals surface area (Å²) in [5.41, 5.74) is 2.63. The van der Waals surface area contributed by atoms with Gasteiger partial charge in [-0.15, -0.1) is 10.2 Å².